The maximum atomic E-state index is 11.7. The number of carbonyl (C=O) groups is 2. The van der Waals surface area contributed by atoms with E-state index in [4.69, 9.17) is 27.9 Å². The van der Waals surface area contributed by atoms with Crippen molar-refractivity contribution < 1.29 is 14.3 Å². The van der Waals surface area contributed by atoms with E-state index in [1.165, 1.54) is 18.2 Å². The molecule has 0 aromatic heterocycles. The molecule has 0 bridgehead atoms. The van der Waals surface area contributed by atoms with Gasteiger partial charge in [0.25, 0.3) is 0 Å². The molecular formula is C13H14Cl2N2O3. The molecule has 0 unspecified atom stereocenters. The van der Waals surface area contributed by atoms with Crippen LogP contribution in [0.3, 0.4) is 0 Å². The Morgan fingerprint density at radius 1 is 1.20 bits per heavy atom. The fraction of sp³-hybridized carbons (Fsp3) is 0.385. The van der Waals surface area contributed by atoms with Gasteiger partial charge in [-0.2, -0.15) is 0 Å². The maximum Gasteiger partial charge on any atom is 0.313 e. The highest BCUT2D eigenvalue weighted by Crippen LogP contribution is 2.22. The van der Waals surface area contributed by atoms with Gasteiger partial charge in [0.2, 0.25) is 0 Å². The van der Waals surface area contributed by atoms with E-state index < -0.39 is 11.8 Å². The zero-order valence-corrected chi connectivity index (χ0v) is 12.1. The van der Waals surface area contributed by atoms with Gasteiger partial charge in [-0.25, -0.2) is 0 Å². The molecule has 7 heteroatoms. The first-order valence-electron chi connectivity index (χ1n) is 6.21. The van der Waals surface area contributed by atoms with Crippen LogP contribution in [-0.2, 0) is 14.3 Å². The molecule has 0 radical (unpaired) electrons. The van der Waals surface area contributed by atoms with E-state index in [0.717, 1.165) is 12.8 Å². The predicted molar refractivity (Wildman–Crippen MR) is 77.1 cm³/mol. The molecule has 5 nitrogen and oxygen atoms in total. The lowest BCUT2D eigenvalue weighted by Gasteiger charge is -2.11. The molecule has 1 atom stereocenters. The second-order valence-electron chi connectivity index (χ2n) is 4.46. The van der Waals surface area contributed by atoms with Gasteiger partial charge >= 0.3 is 11.8 Å². The molecule has 2 amide bonds. The van der Waals surface area contributed by atoms with Crippen molar-refractivity contribution in [3.63, 3.8) is 0 Å². The van der Waals surface area contributed by atoms with Crippen LogP contribution in [0.4, 0.5) is 5.69 Å². The van der Waals surface area contributed by atoms with Crippen molar-refractivity contribution in [2.75, 3.05) is 18.5 Å². The minimum atomic E-state index is -0.763. The monoisotopic (exact) mass is 316 g/mol. The number of hydrogen-bond acceptors (Lipinski definition) is 3. The number of halogens is 2. The summed E-state index contributed by atoms with van der Waals surface area (Å²) in [6.45, 7) is 1.04. The van der Waals surface area contributed by atoms with Crippen molar-refractivity contribution in [3.05, 3.63) is 28.2 Å². The number of amides is 2. The van der Waals surface area contributed by atoms with Crippen LogP contribution >= 0.6 is 23.2 Å². The van der Waals surface area contributed by atoms with Crippen LogP contribution in [0, 0.1) is 0 Å². The van der Waals surface area contributed by atoms with Gasteiger partial charge in [0.05, 0.1) is 6.10 Å². The maximum absolute atomic E-state index is 11.7. The standard InChI is InChI=1S/C13H14Cl2N2O3/c14-8-4-9(15)6-10(5-8)17-13(19)12(18)16-7-11-2-1-3-20-11/h4-6,11H,1-3,7H2,(H,16,18)(H,17,19)/t11-/m0/s1. The molecule has 20 heavy (non-hydrogen) atoms. The van der Waals surface area contributed by atoms with Crippen molar-refractivity contribution in [2.24, 2.45) is 0 Å². The number of benzene rings is 1. The van der Waals surface area contributed by atoms with Crippen molar-refractivity contribution in [2.45, 2.75) is 18.9 Å². The molecule has 1 aliphatic heterocycles. The first kappa shape index (κ1) is 15.1. The molecule has 0 spiro atoms. The Kier molecular flexibility index (Phi) is 5.23. The van der Waals surface area contributed by atoms with Gasteiger partial charge in [-0.3, -0.25) is 9.59 Å². The topological polar surface area (TPSA) is 67.4 Å². The summed E-state index contributed by atoms with van der Waals surface area (Å²) in [7, 11) is 0. The number of rotatable bonds is 3. The molecule has 1 heterocycles. The summed E-state index contributed by atoms with van der Waals surface area (Å²) in [5.41, 5.74) is 0.375. The Morgan fingerprint density at radius 3 is 2.50 bits per heavy atom. The van der Waals surface area contributed by atoms with Crippen LogP contribution in [0.2, 0.25) is 10.0 Å². The lowest BCUT2D eigenvalue weighted by Crippen LogP contribution is -2.39. The number of hydrogen-bond donors (Lipinski definition) is 2. The van der Waals surface area contributed by atoms with Crippen LogP contribution in [0.15, 0.2) is 18.2 Å². The summed E-state index contributed by atoms with van der Waals surface area (Å²) in [6.07, 6.45) is 1.87. The van der Waals surface area contributed by atoms with Crippen LogP contribution in [0.25, 0.3) is 0 Å². The molecule has 1 aromatic carbocycles. The zero-order valence-electron chi connectivity index (χ0n) is 10.6. The minimum Gasteiger partial charge on any atom is -0.376 e. The summed E-state index contributed by atoms with van der Waals surface area (Å²) < 4.78 is 5.35. The molecule has 1 aliphatic rings. The molecule has 108 valence electrons. The molecule has 0 saturated carbocycles. The predicted octanol–water partition coefficient (Wildman–Crippen LogP) is 2.23. The first-order valence-corrected chi connectivity index (χ1v) is 6.97. The fourth-order valence-electron chi connectivity index (χ4n) is 1.91. The van der Waals surface area contributed by atoms with E-state index in [2.05, 4.69) is 10.6 Å². The molecule has 2 rings (SSSR count). The van der Waals surface area contributed by atoms with Crippen LogP contribution in [-0.4, -0.2) is 31.1 Å². The molecule has 1 fully saturated rings. The smallest absolute Gasteiger partial charge is 0.313 e. The molecule has 1 saturated heterocycles. The van der Waals surface area contributed by atoms with E-state index in [1.54, 1.807) is 0 Å². The van der Waals surface area contributed by atoms with Crippen molar-refractivity contribution in [1.29, 1.82) is 0 Å². The molecule has 1 aromatic rings. The van der Waals surface area contributed by atoms with Crippen molar-refractivity contribution in [1.82, 2.24) is 5.32 Å². The second-order valence-corrected chi connectivity index (χ2v) is 5.33. The largest absolute Gasteiger partial charge is 0.376 e. The summed E-state index contributed by atoms with van der Waals surface area (Å²) in [4.78, 5) is 23.3. The number of ether oxygens (including phenoxy) is 1. The lowest BCUT2D eigenvalue weighted by atomic mass is 10.2. The van der Waals surface area contributed by atoms with Crippen LogP contribution < -0.4 is 10.6 Å². The average Bonchev–Trinajstić information content (AvgIpc) is 2.87. The van der Waals surface area contributed by atoms with Gasteiger partial charge in [0.15, 0.2) is 0 Å². The highest BCUT2D eigenvalue weighted by Gasteiger charge is 2.19. The second kappa shape index (κ2) is 6.92. The highest BCUT2D eigenvalue weighted by molar-refractivity contribution is 6.40. The number of carbonyl (C=O) groups excluding carboxylic acids is 2. The lowest BCUT2D eigenvalue weighted by molar-refractivity contribution is -0.136. The normalized spacial score (nSPS) is 17.8. The van der Waals surface area contributed by atoms with Gasteiger partial charge in [-0.05, 0) is 31.0 Å². The quantitative estimate of drug-likeness (QED) is 0.840. The third kappa shape index (κ3) is 4.37. The summed E-state index contributed by atoms with van der Waals surface area (Å²) in [5.74, 6) is -1.47. The average molecular weight is 317 g/mol. The van der Waals surface area contributed by atoms with Gasteiger partial charge in [0, 0.05) is 28.9 Å². The van der Waals surface area contributed by atoms with Gasteiger partial charge in [-0.15, -0.1) is 0 Å². The van der Waals surface area contributed by atoms with Crippen molar-refractivity contribution >= 4 is 40.7 Å². The Hall–Kier alpha value is -1.30. The SMILES string of the molecule is O=C(NC[C@@H]1CCCO1)C(=O)Nc1cc(Cl)cc(Cl)c1. The first-order chi connectivity index (χ1) is 9.54. The van der Waals surface area contributed by atoms with Crippen LogP contribution in [0.1, 0.15) is 12.8 Å². The Morgan fingerprint density at radius 2 is 1.90 bits per heavy atom. The number of anilines is 1. The third-order valence-corrected chi connectivity index (χ3v) is 3.28. The fourth-order valence-corrected chi connectivity index (χ4v) is 2.43. The Bertz CT molecular complexity index is 496. The number of nitrogens with one attached hydrogen (secondary N) is 2. The van der Waals surface area contributed by atoms with Gasteiger partial charge < -0.3 is 15.4 Å². The molecule has 2 N–H and O–H groups in total. The van der Waals surface area contributed by atoms with E-state index >= 15 is 0 Å². The molecule has 0 aliphatic carbocycles. The van der Waals surface area contributed by atoms with Gasteiger partial charge in [-0.1, -0.05) is 23.2 Å². The summed E-state index contributed by atoms with van der Waals surface area (Å²) >= 11 is 11.6. The Labute approximate surface area is 126 Å². The third-order valence-electron chi connectivity index (χ3n) is 2.84. The van der Waals surface area contributed by atoms with E-state index in [0.29, 0.717) is 28.9 Å². The summed E-state index contributed by atoms with van der Waals surface area (Å²) in [6, 6.07) is 4.56. The molecular weight excluding hydrogens is 303 g/mol. The summed E-state index contributed by atoms with van der Waals surface area (Å²) in [5, 5.41) is 5.73. The highest BCUT2D eigenvalue weighted by atomic mass is 35.5. The Balaban J connectivity index is 1.85. The van der Waals surface area contributed by atoms with E-state index in [9.17, 15) is 9.59 Å². The minimum absolute atomic E-state index is 0.00707. The van der Waals surface area contributed by atoms with E-state index in [-0.39, 0.29) is 6.10 Å². The van der Waals surface area contributed by atoms with E-state index in [1.807, 2.05) is 0 Å². The van der Waals surface area contributed by atoms with Crippen LogP contribution in [0.5, 0.6) is 0 Å². The van der Waals surface area contributed by atoms with Gasteiger partial charge in [0.1, 0.15) is 0 Å². The zero-order chi connectivity index (χ0) is 14.5. The van der Waals surface area contributed by atoms with Crippen molar-refractivity contribution in [3.8, 4) is 0 Å².